The van der Waals surface area contributed by atoms with Gasteiger partial charge in [-0.1, -0.05) is 0 Å². The fraction of sp³-hybridized carbons (Fsp3) is 0.600. The van der Waals surface area contributed by atoms with E-state index in [-0.39, 0.29) is 0 Å². The summed E-state index contributed by atoms with van der Waals surface area (Å²) in [5, 5.41) is 0. The van der Waals surface area contributed by atoms with E-state index in [9.17, 15) is 0 Å². The van der Waals surface area contributed by atoms with Crippen LogP contribution in [0.25, 0.3) is 0 Å². The van der Waals surface area contributed by atoms with Crippen molar-refractivity contribution in [2.24, 2.45) is 0 Å². The minimum atomic E-state index is 0.731. The first kappa shape index (κ1) is 11.8. The number of hydrogen-bond donors (Lipinski definition) is 1. The highest BCUT2D eigenvalue weighted by Crippen LogP contribution is 2.32. The zero-order valence-corrected chi connectivity index (χ0v) is 11.4. The van der Waals surface area contributed by atoms with E-state index in [2.05, 4.69) is 35.9 Å². The maximum absolute atomic E-state index is 5.84. The molecule has 0 radical (unpaired) electrons. The van der Waals surface area contributed by atoms with E-state index in [0.29, 0.717) is 0 Å². The number of nitrogens with two attached hydrogens (primary N) is 1. The number of aryl methyl sites for hydroxylation is 1. The molecule has 3 rings (SSSR count). The van der Waals surface area contributed by atoms with Gasteiger partial charge in [-0.3, -0.25) is 4.90 Å². The van der Waals surface area contributed by atoms with E-state index in [1.807, 2.05) is 6.07 Å². The number of nitrogen functional groups attached to an aromatic ring is 1. The van der Waals surface area contributed by atoms with E-state index < -0.39 is 0 Å². The Kier molecular flexibility index (Phi) is 2.94. The van der Waals surface area contributed by atoms with Crippen molar-refractivity contribution in [1.82, 2.24) is 4.90 Å². The molecule has 0 aliphatic carbocycles. The van der Waals surface area contributed by atoms with E-state index in [1.165, 1.54) is 37.1 Å². The molecule has 1 aromatic carbocycles. The summed E-state index contributed by atoms with van der Waals surface area (Å²) in [4.78, 5) is 5.14. The number of benzene rings is 1. The Balaban J connectivity index is 1.84. The normalized spacial score (nSPS) is 28.4. The summed E-state index contributed by atoms with van der Waals surface area (Å²) in [6.45, 7) is 4.51. The van der Waals surface area contributed by atoms with Crippen LogP contribution < -0.4 is 10.6 Å². The lowest BCUT2D eigenvalue weighted by molar-refractivity contribution is 0.254. The minimum absolute atomic E-state index is 0.731. The molecule has 2 fully saturated rings. The van der Waals surface area contributed by atoms with Gasteiger partial charge in [0.25, 0.3) is 0 Å². The molecule has 0 amide bonds. The molecule has 1 aromatic rings. The van der Waals surface area contributed by atoms with Crippen LogP contribution in [0.3, 0.4) is 0 Å². The van der Waals surface area contributed by atoms with Gasteiger partial charge in [0.2, 0.25) is 0 Å². The lowest BCUT2D eigenvalue weighted by Gasteiger charge is -2.29. The monoisotopic (exact) mass is 245 g/mol. The first-order valence-corrected chi connectivity index (χ1v) is 6.98. The zero-order valence-electron chi connectivity index (χ0n) is 11.4. The highest BCUT2D eigenvalue weighted by atomic mass is 15.3. The van der Waals surface area contributed by atoms with Gasteiger partial charge in [-0.05, 0) is 57.0 Å². The van der Waals surface area contributed by atoms with Gasteiger partial charge >= 0.3 is 0 Å². The Hall–Kier alpha value is -1.22. The van der Waals surface area contributed by atoms with Gasteiger partial charge in [0.15, 0.2) is 0 Å². The topological polar surface area (TPSA) is 32.5 Å². The van der Waals surface area contributed by atoms with Crippen molar-refractivity contribution in [2.45, 2.75) is 38.3 Å². The van der Waals surface area contributed by atoms with E-state index in [1.54, 1.807) is 0 Å². The number of hydrogen-bond acceptors (Lipinski definition) is 3. The SMILES string of the molecule is Cc1cc(N)ccc1N1CCC2CCC(C1)N2C. The van der Waals surface area contributed by atoms with Crippen molar-refractivity contribution in [3.05, 3.63) is 23.8 Å². The average molecular weight is 245 g/mol. The van der Waals surface area contributed by atoms with Crippen LogP contribution in [0.15, 0.2) is 18.2 Å². The van der Waals surface area contributed by atoms with Crippen LogP contribution in [0.2, 0.25) is 0 Å². The summed E-state index contributed by atoms with van der Waals surface area (Å²) in [6.07, 6.45) is 4.03. The largest absolute Gasteiger partial charge is 0.399 e. The number of likely N-dealkylation sites (N-methyl/N-ethyl adjacent to an activating group) is 1. The Bertz CT molecular complexity index is 443. The summed E-state index contributed by atoms with van der Waals surface area (Å²) < 4.78 is 0. The molecular weight excluding hydrogens is 222 g/mol. The molecule has 2 N–H and O–H groups in total. The molecule has 2 atom stereocenters. The Labute approximate surface area is 110 Å². The second-order valence-corrected chi connectivity index (χ2v) is 5.83. The average Bonchev–Trinajstić information content (AvgIpc) is 2.55. The Morgan fingerprint density at radius 3 is 2.72 bits per heavy atom. The predicted octanol–water partition coefficient (Wildman–Crippen LogP) is 2.25. The highest BCUT2D eigenvalue weighted by molar-refractivity contribution is 5.59. The van der Waals surface area contributed by atoms with Gasteiger partial charge in [-0.15, -0.1) is 0 Å². The Morgan fingerprint density at radius 2 is 1.94 bits per heavy atom. The number of fused-ring (bicyclic) bond motifs is 2. The quantitative estimate of drug-likeness (QED) is 0.770. The van der Waals surface area contributed by atoms with Crippen molar-refractivity contribution in [3.8, 4) is 0 Å². The molecule has 2 saturated heterocycles. The summed E-state index contributed by atoms with van der Waals surface area (Å²) in [6, 6.07) is 7.82. The molecule has 98 valence electrons. The lowest BCUT2D eigenvalue weighted by Crippen LogP contribution is -2.36. The summed E-state index contributed by atoms with van der Waals surface area (Å²) >= 11 is 0. The second kappa shape index (κ2) is 4.47. The number of rotatable bonds is 1. The zero-order chi connectivity index (χ0) is 12.7. The van der Waals surface area contributed by atoms with E-state index in [4.69, 9.17) is 5.73 Å². The number of nitrogens with zero attached hydrogens (tertiary/aromatic N) is 2. The molecule has 2 aliphatic heterocycles. The van der Waals surface area contributed by atoms with Crippen molar-refractivity contribution in [3.63, 3.8) is 0 Å². The molecule has 18 heavy (non-hydrogen) atoms. The first-order chi connectivity index (χ1) is 8.65. The van der Waals surface area contributed by atoms with Crippen molar-refractivity contribution < 1.29 is 0 Å². The van der Waals surface area contributed by atoms with Crippen LogP contribution >= 0.6 is 0 Å². The highest BCUT2D eigenvalue weighted by Gasteiger charge is 2.34. The molecule has 2 unspecified atom stereocenters. The second-order valence-electron chi connectivity index (χ2n) is 5.83. The molecule has 3 nitrogen and oxygen atoms in total. The molecule has 2 heterocycles. The third-order valence-electron chi connectivity index (χ3n) is 4.71. The third-order valence-corrected chi connectivity index (χ3v) is 4.71. The first-order valence-electron chi connectivity index (χ1n) is 6.98. The van der Waals surface area contributed by atoms with Gasteiger partial charge in [0.05, 0.1) is 0 Å². The summed E-state index contributed by atoms with van der Waals surface area (Å²) in [5.74, 6) is 0. The maximum Gasteiger partial charge on any atom is 0.0397 e. The van der Waals surface area contributed by atoms with Gasteiger partial charge in [0.1, 0.15) is 0 Å². The van der Waals surface area contributed by atoms with Gasteiger partial charge in [0, 0.05) is 36.5 Å². The molecule has 0 aromatic heterocycles. The molecule has 0 spiro atoms. The van der Waals surface area contributed by atoms with Gasteiger partial charge < -0.3 is 10.6 Å². The lowest BCUT2D eigenvalue weighted by atomic mass is 10.1. The van der Waals surface area contributed by atoms with E-state index in [0.717, 1.165) is 24.3 Å². The fourth-order valence-corrected chi connectivity index (χ4v) is 3.56. The smallest absolute Gasteiger partial charge is 0.0397 e. The fourth-order valence-electron chi connectivity index (χ4n) is 3.56. The molecule has 0 saturated carbocycles. The summed E-state index contributed by atoms with van der Waals surface area (Å²) in [5.41, 5.74) is 9.38. The van der Waals surface area contributed by atoms with Crippen LogP contribution in [-0.2, 0) is 0 Å². The molecule has 3 heteroatoms. The van der Waals surface area contributed by atoms with Gasteiger partial charge in [-0.25, -0.2) is 0 Å². The third kappa shape index (κ3) is 1.97. The van der Waals surface area contributed by atoms with Crippen LogP contribution in [0.1, 0.15) is 24.8 Å². The van der Waals surface area contributed by atoms with Crippen LogP contribution in [-0.4, -0.2) is 37.1 Å². The molecule has 2 bridgehead atoms. The summed E-state index contributed by atoms with van der Waals surface area (Å²) in [7, 11) is 2.29. The van der Waals surface area contributed by atoms with Crippen molar-refractivity contribution in [2.75, 3.05) is 30.8 Å². The van der Waals surface area contributed by atoms with E-state index >= 15 is 0 Å². The molecular formula is C15H23N3. The van der Waals surface area contributed by atoms with Crippen molar-refractivity contribution >= 4 is 11.4 Å². The number of anilines is 2. The standard InChI is InChI=1S/C15H23N3/c1-11-9-12(16)3-6-15(11)18-8-7-13-4-5-14(10-18)17(13)2/h3,6,9,13-14H,4-5,7-8,10,16H2,1-2H3. The minimum Gasteiger partial charge on any atom is -0.399 e. The van der Waals surface area contributed by atoms with Crippen molar-refractivity contribution in [1.29, 1.82) is 0 Å². The van der Waals surface area contributed by atoms with Crippen LogP contribution in [0, 0.1) is 6.92 Å². The van der Waals surface area contributed by atoms with Gasteiger partial charge in [-0.2, -0.15) is 0 Å². The Morgan fingerprint density at radius 1 is 1.17 bits per heavy atom. The predicted molar refractivity (Wildman–Crippen MR) is 77.0 cm³/mol. The molecule has 2 aliphatic rings. The van der Waals surface area contributed by atoms with Crippen LogP contribution in [0.5, 0.6) is 0 Å². The maximum atomic E-state index is 5.84. The van der Waals surface area contributed by atoms with Crippen LogP contribution in [0.4, 0.5) is 11.4 Å².